The summed E-state index contributed by atoms with van der Waals surface area (Å²) in [5, 5.41) is 6.42. The van der Waals surface area contributed by atoms with Gasteiger partial charge in [-0.25, -0.2) is 0 Å². The van der Waals surface area contributed by atoms with E-state index in [9.17, 15) is 9.59 Å². The molecular formula is C25H31N3O2. The molecule has 2 heterocycles. The molecule has 2 aliphatic rings. The number of piperidine rings is 2. The fourth-order valence-corrected chi connectivity index (χ4v) is 4.83. The van der Waals surface area contributed by atoms with Crippen molar-refractivity contribution in [3.8, 4) is 0 Å². The first-order valence-corrected chi connectivity index (χ1v) is 11.1. The Balaban J connectivity index is 1.44. The molecule has 2 aromatic carbocycles. The maximum Gasteiger partial charge on any atom is 0.252 e. The number of likely N-dealkylation sites (tertiary alicyclic amines) is 1. The number of carbonyl (C=O) groups is 2. The highest BCUT2D eigenvalue weighted by Crippen LogP contribution is 2.31. The summed E-state index contributed by atoms with van der Waals surface area (Å²) in [5.74, 6) is 1.27. The van der Waals surface area contributed by atoms with Gasteiger partial charge in [-0.05, 0) is 68.3 Å². The van der Waals surface area contributed by atoms with Gasteiger partial charge in [0.1, 0.15) is 6.04 Å². The molecule has 5 nitrogen and oxygen atoms in total. The predicted octanol–water partition coefficient (Wildman–Crippen LogP) is 3.40. The quantitative estimate of drug-likeness (QED) is 0.802. The third kappa shape index (κ3) is 4.90. The van der Waals surface area contributed by atoms with E-state index in [0.717, 1.165) is 50.5 Å². The van der Waals surface area contributed by atoms with Crippen LogP contribution in [-0.4, -0.2) is 42.9 Å². The van der Waals surface area contributed by atoms with Gasteiger partial charge in [-0.2, -0.15) is 0 Å². The first kappa shape index (κ1) is 20.6. The summed E-state index contributed by atoms with van der Waals surface area (Å²) in [6.45, 7) is 3.78. The molecule has 4 rings (SSSR count). The van der Waals surface area contributed by atoms with Gasteiger partial charge in [0.25, 0.3) is 5.91 Å². The Bertz CT molecular complexity index is 826. The van der Waals surface area contributed by atoms with Crippen LogP contribution in [0, 0.1) is 11.8 Å². The molecular weight excluding hydrogens is 374 g/mol. The van der Waals surface area contributed by atoms with Crippen molar-refractivity contribution in [3.05, 3.63) is 71.8 Å². The standard InChI is InChI=1S/C25H31N3O2/c29-24(22-9-5-2-6-10-22)27-23(21-7-3-1-4-8-21)25(30)28-17-13-20(14-18-28)19-11-15-26-16-12-19/h1-10,19-20,23,26H,11-18H2,(H,27,29). The van der Waals surface area contributed by atoms with E-state index < -0.39 is 6.04 Å². The summed E-state index contributed by atoms with van der Waals surface area (Å²) in [6.07, 6.45) is 4.62. The van der Waals surface area contributed by atoms with E-state index in [1.807, 2.05) is 53.4 Å². The molecule has 0 radical (unpaired) electrons. The van der Waals surface area contributed by atoms with Crippen LogP contribution in [0.15, 0.2) is 60.7 Å². The lowest BCUT2D eigenvalue weighted by Crippen LogP contribution is -2.47. The summed E-state index contributed by atoms with van der Waals surface area (Å²) in [6, 6.07) is 18.0. The third-order valence-corrected chi connectivity index (χ3v) is 6.59. The highest BCUT2D eigenvalue weighted by atomic mass is 16.2. The summed E-state index contributed by atoms with van der Waals surface area (Å²) < 4.78 is 0. The van der Waals surface area contributed by atoms with E-state index in [0.29, 0.717) is 11.5 Å². The second kappa shape index (κ2) is 9.90. The van der Waals surface area contributed by atoms with Crippen molar-refractivity contribution in [2.24, 2.45) is 11.8 Å². The maximum atomic E-state index is 13.4. The Hall–Kier alpha value is -2.66. The molecule has 0 aromatic heterocycles. The Morgan fingerprint density at radius 3 is 2.03 bits per heavy atom. The van der Waals surface area contributed by atoms with Crippen LogP contribution in [0.5, 0.6) is 0 Å². The van der Waals surface area contributed by atoms with Crippen LogP contribution in [0.4, 0.5) is 0 Å². The van der Waals surface area contributed by atoms with Gasteiger partial charge in [0.15, 0.2) is 0 Å². The lowest BCUT2D eigenvalue weighted by atomic mass is 9.79. The molecule has 0 saturated carbocycles. The van der Waals surface area contributed by atoms with Crippen LogP contribution in [0.25, 0.3) is 0 Å². The minimum absolute atomic E-state index is 0.00533. The average molecular weight is 406 g/mol. The van der Waals surface area contributed by atoms with Crippen molar-refractivity contribution in [1.82, 2.24) is 15.5 Å². The van der Waals surface area contributed by atoms with Crippen molar-refractivity contribution < 1.29 is 9.59 Å². The monoisotopic (exact) mass is 405 g/mol. The van der Waals surface area contributed by atoms with E-state index in [1.54, 1.807) is 12.1 Å². The molecule has 0 bridgehead atoms. The Labute approximate surface area is 178 Å². The van der Waals surface area contributed by atoms with E-state index in [4.69, 9.17) is 0 Å². The van der Waals surface area contributed by atoms with Gasteiger partial charge < -0.3 is 15.5 Å². The second-order valence-electron chi connectivity index (χ2n) is 8.43. The van der Waals surface area contributed by atoms with Gasteiger partial charge in [0.2, 0.25) is 5.91 Å². The van der Waals surface area contributed by atoms with Gasteiger partial charge >= 0.3 is 0 Å². The largest absolute Gasteiger partial charge is 0.341 e. The van der Waals surface area contributed by atoms with Crippen molar-refractivity contribution >= 4 is 11.8 Å². The molecule has 2 aliphatic heterocycles. The first-order valence-electron chi connectivity index (χ1n) is 11.1. The minimum Gasteiger partial charge on any atom is -0.341 e. The highest BCUT2D eigenvalue weighted by molar-refractivity contribution is 5.97. The maximum absolute atomic E-state index is 13.4. The van der Waals surface area contributed by atoms with Gasteiger partial charge in [0, 0.05) is 18.7 Å². The number of nitrogens with one attached hydrogen (secondary N) is 2. The molecule has 30 heavy (non-hydrogen) atoms. The average Bonchev–Trinajstić information content (AvgIpc) is 2.84. The molecule has 2 N–H and O–H groups in total. The van der Waals surface area contributed by atoms with E-state index >= 15 is 0 Å². The molecule has 1 unspecified atom stereocenters. The number of nitrogens with zero attached hydrogens (tertiary/aromatic N) is 1. The molecule has 2 amide bonds. The number of rotatable bonds is 5. The second-order valence-corrected chi connectivity index (χ2v) is 8.43. The zero-order valence-corrected chi connectivity index (χ0v) is 17.4. The molecule has 2 fully saturated rings. The van der Waals surface area contributed by atoms with E-state index in [2.05, 4.69) is 10.6 Å². The zero-order chi connectivity index (χ0) is 20.8. The van der Waals surface area contributed by atoms with Crippen LogP contribution in [-0.2, 0) is 4.79 Å². The van der Waals surface area contributed by atoms with E-state index in [1.165, 1.54) is 12.8 Å². The highest BCUT2D eigenvalue weighted by Gasteiger charge is 2.33. The normalized spacial score (nSPS) is 19.3. The van der Waals surface area contributed by atoms with Gasteiger partial charge in [-0.3, -0.25) is 9.59 Å². The van der Waals surface area contributed by atoms with Crippen LogP contribution < -0.4 is 10.6 Å². The number of hydrogen-bond acceptors (Lipinski definition) is 3. The lowest BCUT2D eigenvalue weighted by molar-refractivity contribution is -0.135. The van der Waals surface area contributed by atoms with Crippen LogP contribution in [0.1, 0.15) is 47.6 Å². The van der Waals surface area contributed by atoms with Crippen LogP contribution >= 0.6 is 0 Å². The molecule has 0 spiro atoms. The zero-order valence-electron chi connectivity index (χ0n) is 17.4. The van der Waals surface area contributed by atoms with Gasteiger partial charge in [-0.15, -0.1) is 0 Å². The molecule has 5 heteroatoms. The molecule has 0 aliphatic carbocycles. The topological polar surface area (TPSA) is 61.4 Å². The van der Waals surface area contributed by atoms with Gasteiger partial charge in [0.05, 0.1) is 0 Å². The van der Waals surface area contributed by atoms with Crippen LogP contribution in [0.3, 0.4) is 0 Å². The smallest absolute Gasteiger partial charge is 0.252 e. The van der Waals surface area contributed by atoms with Crippen LogP contribution in [0.2, 0.25) is 0 Å². The first-order chi connectivity index (χ1) is 14.7. The minimum atomic E-state index is -0.658. The number of carbonyl (C=O) groups excluding carboxylic acids is 2. The fourth-order valence-electron chi connectivity index (χ4n) is 4.83. The Morgan fingerprint density at radius 1 is 0.833 bits per heavy atom. The molecule has 1 atom stereocenters. The van der Waals surface area contributed by atoms with Crippen molar-refractivity contribution in [1.29, 1.82) is 0 Å². The molecule has 2 aromatic rings. The summed E-state index contributed by atoms with van der Waals surface area (Å²) in [7, 11) is 0. The molecule has 2 saturated heterocycles. The number of hydrogen-bond donors (Lipinski definition) is 2. The van der Waals surface area contributed by atoms with Crippen molar-refractivity contribution in [2.45, 2.75) is 31.7 Å². The van der Waals surface area contributed by atoms with Gasteiger partial charge in [-0.1, -0.05) is 48.5 Å². The predicted molar refractivity (Wildman–Crippen MR) is 118 cm³/mol. The van der Waals surface area contributed by atoms with E-state index in [-0.39, 0.29) is 11.8 Å². The van der Waals surface area contributed by atoms with Crippen molar-refractivity contribution in [2.75, 3.05) is 26.2 Å². The Morgan fingerprint density at radius 2 is 1.40 bits per heavy atom. The summed E-state index contributed by atoms with van der Waals surface area (Å²) in [5.41, 5.74) is 1.39. The SMILES string of the molecule is O=C(NC(C(=O)N1CCC(C2CCNCC2)CC1)c1ccccc1)c1ccccc1. The number of benzene rings is 2. The summed E-state index contributed by atoms with van der Waals surface area (Å²) in [4.78, 5) is 28.2. The molecule has 158 valence electrons. The number of amides is 2. The Kier molecular flexibility index (Phi) is 6.80. The fraction of sp³-hybridized carbons (Fsp3) is 0.440. The van der Waals surface area contributed by atoms with Crippen molar-refractivity contribution in [3.63, 3.8) is 0 Å². The third-order valence-electron chi connectivity index (χ3n) is 6.59. The summed E-state index contributed by atoms with van der Waals surface area (Å²) >= 11 is 0. The lowest BCUT2D eigenvalue weighted by Gasteiger charge is -2.39.